The van der Waals surface area contributed by atoms with E-state index in [4.69, 9.17) is 4.74 Å². The van der Waals surface area contributed by atoms with Gasteiger partial charge in [0.25, 0.3) is 0 Å². The highest BCUT2D eigenvalue weighted by molar-refractivity contribution is 5.65. The van der Waals surface area contributed by atoms with Gasteiger partial charge in [0.15, 0.2) is 0 Å². The molecule has 2 aromatic rings. The molecule has 0 radical (unpaired) electrons. The van der Waals surface area contributed by atoms with Crippen molar-refractivity contribution >= 4 is 0 Å². The Bertz CT molecular complexity index is 500. The Morgan fingerprint density at radius 1 is 1.22 bits per heavy atom. The number of aromatic nitrogens is 2. The van der Waals surface area contributed by atoms with E-state index in [0.29, 0.717) is 6.61 Å². The Morgan fingerprint density at radius 2 is 2.11 bits per heavy atom. The minimum atomic E-state index is 0.717. The standard InChI is InChI=1S/C13H12N2O.CH5N/c1-2-10-8-16-7-5-11(10)12(3-1)13-4-6-14-9-15-13;1-2/h1-4,6,9H,5,7-8H2;2H2,1H3. The van der Waals surface area contributed by atoms with Crippen LogP contribution in [-0.2, 0) is 17.8 Å². The minimum absolute atomic E-state index is 0.717. The number of rotatable bonds is 1. The van der Waals surface area contributed by atoms with Crippen molar-refractivity contribution in [2.75, 3.05) is 13.7 Å². The lowest BCUT2D eigenvalue weighted by Gasteiger charge is -2.19. The lowest BCUT2D eigenvalue weighted by Crippen LogP contribution is -2.11. The third-order valence-corrected chi connectivity index (χ3v) is 2.88. The quantitative estimate of drug-likeness (QED) is 0.829. The SMILES string of the molecule is CN.c1cc2c(c(-c3ccncn3)c1)CCOC2. The van der Waals surface area contributed by atoms with Gasteiger partial charge >= 0.3 is 0 Å². The van der Waals surface area contributed by atoms with Crippen molar-refractivity contribution in [3.8, 4) is 11.3 Å². The molecule has 4 heteroatoms. The van der Waals surface area contributed by atoms with Gasteiger partial charge in [0, 0.05) is 11.8 Å². The highest BCUT2D eigenvalue weighted by Crippen LogP contribution is 2.27. The first-order valence-electron chi connectivity index (χ1n) is 5.98. The Balaban J connectivity index is 0.000000574. The summed E-state index contributed by atoms with van der Waals surface area (Å²) < 4.78 is 5.45. The van der Waals surface area contributed by atoms with Crippen LogP contribution in [0, 0.1) is 0 Å². The molecule has 18 heavy (non-hydrogen) atoms. The van der Waals surface area contributed by atoms with Crippen molar-refractivity contribution in [1.29, 1.82) is 0 Å². The third-order valence-electron chi connectivity index (χ3n) is 2.88. The Hall–Kier alpha value is -1.78. The maximum Gasteiger partial charge on any atom is 0.116 e. The van der Waals surface area contributed by atoms with Gasteiger partial charge in [-0.2, -0.15) is 0 Å². The Morgan fingerprint density at radius 3 is 2.89 bits per heavy atom. The number of hydrogen-bond acceptors (Lipinski definition) is 4. The second kappa shape index (κ2) is 6.23. The monoisotopic (exact) mass is 243 g/mol. The van der Waals surface area contributed by atoms with Crippen molar-refractivity contribution in [2.45, 2.75) is 13.0 Å². The zero-order valence-corrected chi connectivity index (χ0v) is 10.5. The van der Waals surface area contributed by atoms with E-state index in [1.165, 1.54) is 23.7 Å². The van der Waals surface area contributed by atoms with Crippen LogP contribution in [0.4, 0.5) is 0 Å². The van der Waals surface area contributed by atoms with Crippen molar-refractivity contribution in [3.05, 3.63) is 47.9 Å². The number of ether oxygens (including phenoxy) is 1. The fourth-order valence-corrected chi connectivity index (χ4v) is 2.11. The molecule has 0 amide bonds. The number of benzene rings is 1. The number of nitrogens with zero attached hydrogens (tertiary/aromatic N) is 2. The first-order valence-corrected chi connectivity index (χ1v) is 5.98. The van der Waals surface area contributed by atoms with Crippen LogP contribution in [-0.4, -0.2) is 23.6 Å². The molecular formula is C14H17N3O. The molecule has 3 rings (SSSR count). The van der Waals surface area contributed by atoms with E-state index in [1.54, 1.807) is 12.5 Å². The van der Waals surface area contributed by atoms with Gasteiger partial charge in [0.1, 0.15) is 6.33 Å². The van der Waals surface area contributed by atoms with Gasteiger partial charge in [-0.1, -0.05) is 18.2 Å². The first kappa shape index (κ1) is 12.7. The van der Waals surface area contributed by atoms with E-state index in [9.17, 15) is 0 Å². The van der Waals surface area contributed by atoms with Crippen LogP contribution < -0.4 is 5.73 Å². The molecule has 0 bridgehead atoms. The summed E-state index contributed by atoms with van der Waals surface area (Å²) >= 11 is 0. The first-order chi connectivity index (χ1) is 8.95. The van der Waals surface area contributed by atoms with E-state index in [1.807, 2.05) is 6.07 Å². The predicted molar refractivity (Wildman–Crippen MR) is 70.9 cm³/mol. The predicted octanol–water partition coefficient (Wildman–Crippen LogP) is 1.79. The summed E-state index contributed by atoms with van der Waals surface area (Å²) in [5.41, 5.74) is 9.35. The number of nitrogens with two attached hydrogens (primary N) is 1. The van der Waals surface area contributed by atoms with Gasteiger partial charge in [-0.3, -0.25) is 0 Å². The molecule has 2 N–H and O–H groups in total. The third kappa shape index (κ3) is 2.55. The highest BCUT2D eigenvalue weighted by Gasteiger charge is 2.14. The molecule has 2 heterocycles. The molecule has 0 saturated heterocycles. The molecule has 1 aliphatic rings. The minimum Gasteiger partial charge on any atom is -0.376 e. The second-order valence-electron chi connectivity index (χ2n) is 3.84. The van der Waals surface area contributed by atoms with Crippen LogP contribution >= 0.6 is 0 Å². The van der Waals surface area contributed by atoms with Crippen LogP contribution in [0.15, 0.2) is 36.8 Å². The maximum absolute atomic E-state index is 5.45. The van der Waals surface area contributed by atoms with E-state index < -0.39 is 0 Å². The van der Waals surface area contributed by atoms with Crippen LogP contribution in [0.5, 0.6) is 0 Å². The number of fused-ring (bicyclic) bond motifs is 1. The molecule has 0 atom stereocenters. The maximum atomic E-state index is 5.45. The molecule has 94 valence electrons. The van der Waals surface area contributed by atoms with Crippen LogP contribution in [0.1, 0.15) is 11.1 Å². The molecule has 0 aliphatic carbocycles. The number of hydrogen-bond donors (Lipinski definition) is 1. The summed E-state index contributed by atoms with van der Waals surface area (Å²) in [6.07, 6.45) is 4.34. The summed E-state index contributed by atoms with van der Waals surface area (Å²) in [6.45, 7) is 1.52. The van der Waals surface area contributed by atoms with Gasteiger partial charge in [-0.15, -0.1) is 0 Å². The fourth-order valence-electron chi connectivity index (χ4n) is 2.11. The molecule has 0 fully saturated rings. The molecule has 1 aliphatic heterocycles. The molecule has 0 spiro atoms. The van der Waals surface area contributed by atoms with E-state index in [-0.39, 0.29) is 0 Å². The molecule has 0 saturated carbocycles. The lowest BCUT2D eigenvalue weighted by atomic mass is 9.95. The largest absolute Gasteiger partial charge is 0.376 e. The summed E-state index contributed by atoms with van der Waals surface area (Å²) in [4.78, 5) is 8.25. The summed E-state index contributed by atoms with van der Waals surface area (Å²) in [5, 5.41) is 0. The van der Waals surface area contributed by atoms with Crippen LogP contribution in [0.3, 0.4) is 0 Å². The smallest absolute Gasteiger partial charge is 0.116 e. The summed E-state index contributed by atoms with van der Waals surface area (Å²) in [6, 6.07) is 8.25. The molecule has 0 unspecified atom stereocenters. The average molecular weight is 243 g/mol. The van der Waals surface area contributed by atoms with Gasteiger partial charge in [-0.25, -0.2) is 9.97 Å². The summed E-state index contributed by atoms with van der Waals surface area (Å²) in [5.74, 6) is 0. The molecule has 4 nitrogen and oxygen atoms in total. The Labute approximate surface area is 107 Å². The lowest BCUT2D eigenvalue weighted by molar-refractivity contribution is 0.111. The van der Waals surface area contributed by atoms with Crippen LogP contribution in [0.25, 0.3) is 11.3 Å². The Kier molecular flexibility index (Phi) is 4.39. The highest BCUT2D eigenvalue weighted by atomic mass is 16.5. The van der Waals surface area contributed by atoms with E-state index in [2.05, 4.69) is 33.9 Å². The molecular weight excluding hydrogens is 226 g/mol. The second-order valence-corrected chi connectivity index (χ2v) is 3.84. The average Bonchev–Trinajstić information content (AvgIpc) is 2.50. The van der Waals surface area contributed by atoms with Crippen molar-refractivity contribution in [1.82, 2.24) is 9.97 Å². The van der Waals surface area contributed by atoms with E-state index in [0.717, 1.165) is 18.7 Å². The molecule has 1 aromatic heterocycles. The van der Waals surface area contributed by atoms with E-state index >= 15 is 0 Å². The van der Waals surface area contributed by atoms with Gasteiger partial charge in [0.2, 0.25) is 0 Å². The van der Waals surface area contributed by atoms with Gasteiger partial charge in [-0.05, 0) is 30.7 Å². The fraction of sp³-hybridized carbons (Fsp3) is 0.286. The topological polar surface area (TPSA) is 61.0 Å². The normalized spacial score (nSPS) is 13.2. The van der Waals surface area contributed by atoms with Crippen LogP contribution in [0.2, 0.25) is 0 Å². The van der Waals surface area contributed by atoms with Gasteiger partial charge in [0.05, 0.1) is 18.9 Å². The zero-order chi connectivity index (χ0) is 12.8. The zero-order valence-electron chi connectivity index (χ0n) is 10.5. The van der Waals surface area contributed by atoms with Crippen molar-refractivity contribution in [3.63, 3.8) is 0 Å². The summed E-state index contributed by atoms with van der Waals surface area (Å²) in [7, 11) is 1.50. The van der Waals surface area contributed by atoms with Crippen molar-refractivity contribution in [2.24, 2.45) is 5.73 Å². The molecule has 1 aromatic carbocycles. The van der Waals surface area contributed by atoms with Crippen molar-refractivity contribution < 1.29 is 4.74 Å². The van der Waals surface area contributed by atoms with Gasteiger partial charge < -0.3 is 10.5 Å².